The first-order valence-electron chi connectivity index (χ1n) is 8.24. The van der Waals surface area contributed by atoms with E-state index < -0.39 is 0 Å². The molecule has 1 amide bonds. The molecule has 0 heterocycles. The molecule has 0 spiro atoms. The summed E-state index contributed by atoms with van der Waals surface area (Å²) in [5.74, 6) is 1.12. The molecule has 0 aliphatic heterocycles. The second-order valence-corrected chi connectivity index (χ2v) is 8.81. The molecule has 0 radical (unpaired) electrons. The van der Waals surface area contributed by atoms with Crippen LogP contribution in [0.1, 0.15) is 59.3 Å². The second-order valence-electron chi connectivity index (χ2n) is 8.81. The summed E-state index contributed by atoms with van der Waals surface area (Å²) in [5, 5.41) is 6.42. The highest BCUT2D eigenvalue weighted by Crippen LogP contribution is 2.69. The Kier molecular flexibility index (Phi) is 3.20. The van der Waals surface area contributed by atoms with Crippen LogP contribution in [0, 0.1) is 22.2 Å². The number of carbonyl (C=O) groups is 1. The smallest absolute Gasteiger partial charge is 0.226 e. The number of hydrogen-bond acceptors (Lipinski definition) is 2. The van der Waals surface area contributed by atoms with Crippen molar-refractivity contribution >= 4 is 5.91 Å². The first kappa shape index (κ1) is 14.4. The first-order valence-corrected chi connectivity index (χ1v) is 8.24. The summed E-state index contributed by atoms with van der Waals surface area (Å²) >= 11 is 0. The van der Waals surface area contributed by atoms with E-state index in [-0.39, 0.29) is 5.41 Å². The van der Waals surface area contributed by atoms with Gasteiger partial charge in [-0.1, -0.05) is 13.8 Å². The lowest BCUT2D eigenvalue weighted by Crippen LogP contribution is -2.60. The van der Waals surface area contributed by atoms with Crippen molar-refractivity contribution < 1.29 is 4.79 Å². The lowest BCUT2D eigenvalue weighted by atomic mass is 9.40. The Hall–Kier alpha value is -0.570. The lowest BCUT2D eigenvalue weighted by Gasteiger charge is -2.64. The van der Waals surface area contributed by atoms with E-state index in [2.05, 4.69) is 31.4 Å². The molecule has 0 saturated heterocycles. The van der Waals surface area contributed by atoms with Gasteiger partial charge in [0, 0.05) is 12.6 Å². The van der Waals surface area contributed by atoms with Crippen LogP contribution in [-0.2, 0) is 4.79 Å². The number of carbonyl (C=O) groups excluding carboxylic acids is 1. The molecule has 4 aliphatic rings. The van der Waals surface area contributed by atoms with Gasteiger partial charge in [0.15, 0.2) is 0 Å². The van der Waals surface area contributed by atoms with E-state index in [4.69, 9.17) is 0 Å². The van der Waals surface area contributed by atoms with Crippen molar-refractivity contribution in [3.05, 3.63) is 0 Å². The molecule has 4 bridgehead atoms. The summed E-state index contributed by atoms with van der Waals surface area (Å²) in [4.78, 5) is 12.9. The molecule has 3 nitrogen and oxygen atoms in total. The predicted molar refractivity (Wildman–Crippen MR) is 81.4 cm³/mol. The molecule has 20 heavy (non-hydrogen) atoms. The molecule has 0 aromatic heterocycles. The van der Waals surface area contributed by atoms with Crippen LogP contribution in [0.5, 0.6) is 0 Å². The summed E-state index contributed by atoms with van der Waals surface area (Å²) in [6.07, 6.45) is 7.41. The van der Waals surface area contributed by atoms with Crippen LogP contribution in [0.4, 0.5) is 0 Å². The van der Waals surface area contributed by atoms with E-state index in [0.717, 1.165) is 31.7 Å². The number of hydrogen-bond donors (Lipinski definition) is 2. The Bertz CT molecular complexity index is 401. The minimum atomic E-state index is -0.0591. The van der Waals surface area contributed by atoms with E-state index in [1.165, 1.54) is 19.3 Å². The van der Waals surface area contributed by atoms with Crippen molar-refractivity contribution in [1.29, 1.82) is 0 Å². The average Bonchev–Trinajstić information content (AvgIpc) is 2.30. The number of amides is 1. The van der Waals surface area contributed by atoms with Gasteiger partial charge in [0.25, 0.3) is 0 Å². The van der Waals surface area contributed by atoms with Gasteiger partial charge in [-0.05, 0) is 69.2 Å². The Morgan fingerprint density at radius 1 is 1.15 bits per heavy atom. The Morgan fingerprint density at radius 2 is 1.75 bits per heavy atom. The quantitative estimate of drug-likeness (QED) is 0.830. The number of likely N-dealkylation sites (N-methyl/N-ethyl adjacent to an activating group) is 1. The SMILES string of the molecule is CNC(C)CNC(=O)C12CC3CC(C)(CC(C)(C3)C1)C2. The van der Waals surface area contributed by atoms with Gasteiger partial charge in [-0.15, -0.1) is 0 Å². The van der Waals surface area contributed by atoms with E-state index in [0.29, 0.717) is 22.8 Å². The van der Waals surface area contributed by atoms with E-state index >= 15 is 0 Å². The predicted octanol–water partition coefficient (Wildman–Crippen LogP) is 2.71. The van der Waals surface area contributed by atoms with Crippen molar-refractivity contribution in [2.45, 2.75) is 65.3 Å². The maximum absolute atomic E-state index is 12.9. The fraction of sp³-hybridized carbons (Fsp3) is 0.941. The van der Waals surface area contributed by atoms with Gasteiger partial charge < -0.3 is 10.6 Å². The molecule has 0 aromatic carbocycles. The van der Waals surface area contributed by atoms with Gasteiger partial charge in [-0.2, -0.15) is 0 Å². The minimum absolute atomic E-state index is 0.0591. The van der Waals surface area contributed by atoms with E-state index in [1.807, 2.05) is 7.05 Å². The average molecular weight is 278 g/mol. The van der Waals surface area contributed by atoms with Crippen molar-refractivity contribution in [2.24, 2.45) is 22.2 Å². The molecule has 3 unspecified atom stereocenters. The van der Waals surface area contributed by atoms with Gasteiger partial charge in [0.1, 0.15) is 0 Å². The molecular weight excluding hydrogens is 248 g/mol. The summed E-state index contributed by atoms with van der Waals surface area (Å²) < 4.78 is 0. The first-order chi connectivity index (χ1) is 9.28. The van der Waals surface area contributed by atoms with Gasteiger partial charge in [-0.3, -0.25) is 4.79 Å². The van der Waals surface area contributed by atoms with Gasteiger partial charge >= 0.3 is 0 Å². The van der Waals surface area contributed by atoms with E-state index in [1.54, 1.807) is 0 Å². The van der Waals surface area contributed by atoms with Crippen LogP contribution in [0.2, 0.25) is 0 Å². The third kappa shape index (κ3) is 2.28. The summed E-state index contributed by atoms with van der Waals surface area (Å²) in [5.41, 5.74) is 0.774. The molecule has 0 aromatic rings. The molecule has 4 saturated carbocycles. The third-order valence-electron chi connectivity index (χ3n) is 6.17. The van der Waals surface area contributed by atoms with Crippen LogP contribution in [0.25, 0.3) is 0 Å². The molecule has 4 aliphatic carbocycles. The highest BCUT2D eigenvalue weighted by molar-refractivity contribution is 5.83. The van der Waals surface area contributed by atoms with Crippen molar-refractivity contribution in [3.8, 4) is 0 Å². The minimum Gasteiger partial charge on any atom is -0.354 e. The fourth-order valence-corrected chi connectivity index (χ4v) is 6.24. The highest BCUT2D eigenvalue weighted by atomic mass is 16.2. The Morgan fingerprint density at radius 3 is 2.25 bits per heavy atom. The molecular formula is C17H30N2O. The van der Waals surface area contributed by atoms with Crippen LogP contribution >= 0.6 is 0 Å². The Labute approximate surface area is 123 Å². The normalized spacial score (nSPS) is 47.3. The highest BCUT2D eigenvalue weighted by Gasteiger charge is 2.62. The van der Waals surface area contributed by atoms with Crippen molar-refractivity contribution in [3.63, 3.8) is 0 Å². The summed E-state index contributed by atoms with van der Waals surface area (Å²) in [6, 6.07) is 0.346. The number of nitrogens with one attached hydrogen (secondary N) is 2. The summed E-state index contributed by atoms with van der Waals surface area (Å²) in [7, 11) is 1.95. The van der Waals surface area contributed by atoms with Crippen LogP contribution in [0.3, 0.4) is 0 Å². The van der Waals surface area contributed by atoms with Crippen LogP contribution < -0.4 is 10.6 Å². The van der Waals surface area contributed by atoms with Gasteiger partial charge in [-0.25, -0.2) is 0 Å². The lowest BCUT2D eigenvalue weighted by molar-refractivity contribution is -0.170. The topological polar surface area (TPSA) is 41.1 Å². The molecule has 2 N–H and O–H groups in total. The Balaban J connectivity index is 1.77. The van der Waals surface area contributed by atoms with Gasteiger partial charge in [0.2, 0.25) is 5.91 Å². The number of rotatable bonds is 4. The fourth-order valence-electron chi connectivity index (χ4n) is 6.24. The zero-order valence-electron chi connectivity index (χ0n) is 13.5. The standard InChI is InChI=1S/C17H30N2O/c1-12(18-4)8-19-14(20)17-7-13-5-15(2,10-17)9-16(3,6-13)11-17/h12-13,18H,5-11H2,1-4H3,(H,19,20). The molecule has 3 atom stereocenters. The molecule has 114 valence electrons. The zero-order valence-corrected chi connectivity index (χ0v) is 13.5. The summed E-state index contributed by atoms with van der Waals surface area (Å²) in [6.45, 7) is 7.71. The van der Waals surface area contributed by atoms with Crippen LogP contribution in [0.15, 0.2) is 0 Å². The van der Waals surface area contributed by atoms with Crippen molar-refractivity contribution in [2.75, 3.05) is 13.6 Å². The monoisotopic (exact) mass is 278 g/mol. The van der Waals surface area contributed by atoms with Gasteiger partial charge in [0.05, 0.1) is 5.41 Å². The maximum atomic E-state index is 12.9. The maximum Gasteiger partial charge on any atom is 0.226 e. The molecule has 3 heteroatoms. The van der Waals surface area contributed by atoms with Crippen LogP contribution in [-0.4, -0.2) is 25.5 Å². The second kappa shape index (κ2) is 4.46. The van der Waals surface area contributed by atoms with Crippen molar-refractivity contribution in [1.82, 2.24) is 10.6 Å². The third-order valence-corrected chi connectivity index (χ3v) is 6.17. The largest absolute Gasteiger partial charge is 0.354 e. The molecule has 4 rings (SSSR count). The van der Waals surface area contributed by atoms with E-state index in [9.17, 15) is 4.79 Å². The zero-order chi connectivity index (χ0) is 14.6. The molecule has 4 fully saturated rings.